The van der Waals surface area contributed by atoms with E-state index in [1.807, 2.05) is 6.07 Å². The van der Waals surface area contributed by atoms with Gasteiger partial charge < -0.3 is 10.1 Å². The summed E-state index contributed by atoms with van der Waals surface area (Å²) in [7, 11) is 0. The number of para-hydroxylation sites is 1. The first-order valence-corrected chi connectivity index (χ1v) is 6.85. The number of nitrogens with one attached hydrogen (secondary N) is 1. The van der Waals surface area contributed by atoms with Gasteiger partial charge in [0.15, 0.2) is 0 Å². The summed E-state index contributed by atoms with van der Waals surface area (Å²) in [5.74, 6) is 1.58. The fourth-order valence-electron chi connectivity index (χ4n) is 2.62. The summed E-state index contributed by atoms with van der Waals surface area (Å²) in [6, 6.07) is 16.9. The van der Waals surface area contributed by atoms with Crippen LogP contribution in [0.25, 0.3) is 0 Å². The number of rotatable bonds is 3. The van der Waals surface area contributed by atoms with Gasteiger partial charge in [-0.15, -0.1) is 0 Å². The zero-order valence-corrected chi connectivity index (χ0v) is 11.2. The van der Waals surface area contributed by atoms with Gasteiger partial charge in [0.1, 0.15) is 5.75 Å². The van der Waals surface area contributed by atoms with Crippen LogP contribution in [-0.2, 0) is 0 Å². The van der Waals surface area contributed by atoms with Crippen molar-refractivity contribution in [3.8, 4) is 5.75 Å². The minimum Gasteiger partial charge on any atom is -0.493 e. The van der Waals surface area contributed by atoms with Crippen molar-refractivity contribution in [1.29, 1.82) is 0 Å². The number of aryl methyl sites for hydroxylation is 1. The first kappa shape index (κ1) is 12.1. The van der Waals surface area contributed by atoms with E-state index in [4.69, 9.17) is 4.74 Å². The van der Waals surface area contributed by atoms with E-state index in [1.165, 1.54) is 16.8 Å². The molecule has 2 nitrogen and oxygen atoms in total. The standard InChI is InChI=1S/C17H19NO/c1-13-5-4-6-15(11-13)18-12-14-9-10-19-17-8-3-2-7-16(14)17/h2-8,11,14,18H,9-10,12H2,1H3. The normalized spacial score (nSPS) is 17.4. The van der Waals surface area contributed by atoms with Gasteiger partial charge in [0.25, 0.3) is 0 Å². The molecule has 0 saturated carbocycles. The fraction of sp³-hybridized carbons (Fsp3) is 0.294. The minimum absolute atomic E-state index is 0.533. The van der Waals surface area contributed by atoms with Gasteiger partial charge >= 0.3 is 0 Å². The van der Waals surface area contributed by atoms with Crippen LogP contribution >= 0.6 is 0 Å². The van der Waals surface area contributed by atoms with Crippen molar-refractivity contribution in [3.05, 3.63) is 59.7 Å². The molecule has 1 aliphatic rings. The zero-order chi connectivity index (χ0) is 13.1. The van der Waals surface area contributed by atoms with Crippen molar-refractivity contribution in [2.75, 3.05) is 18.5 Å². The smallest absolute Gasteiger partial charge is 0.122 e. The molecule has 0 aliphatic carbocycles. The maximum atomic E-state index is 5.70. The highest BCUT2D eigenvalue weighted by molar-refractivity contribution is 5.46. The molecule has 3 rings (SSSR count). The summed E-state index contributed by atoms with van der Waals surface area (Å²) in [6.07, 6.45) is 1.08. The number of benzene rings is 2. The first-order chi connectivity index (χ1) is 9.33. The second kappa shape index (κ2) is 5.35. The van der Waals surface area contributed by atoms with Crippen molar-refractivity contribution in [3.63, 3.8) is 0 Å². The van der Waals surface area contributed by atoms with Crippen LogP contribution in [0.2, 0.25) is 0 Å². The molecule has 1 heterocycles. The summed E-state index contributed by atoms with van der Waals surface area (Å²) >= 11 is 0. The van der Waals surface area contributed by atoms with Gasteiger partial charge in [-0.1, -0.05) is 30.3 Å². The van der Waals surface area contributed by atoms with Crippen molar-refractivity contribution in [1.82, 2.24) is 0 Å². The van der Waals surface area contributed by atoms with Gasteiger partial charge in [0, 0.05) is 18.2 Å². The van der Waals surface area contributed by atoms with E-state index in [1.54, 1.807) is 0 Å². The van der Waals surface area contributed by atoms with Crippen molar-refractivity contribution in [2.45, 2.75) is 19.3 Å². The summed E-state index contributed by atoms with van der Waals surface area (Å²) < 4.78 is 5.70. The van der Waals surface area contributed by atoms with Crippen LogP contribution in [0.1, 0.15) is 23.5 Å². The lowest BCUT2D eigenvalue weighted by Crippen LogP contribution is -2.20. The molecule has 1 atom stereocenters. The minimum atomic E-state index is 0.533. The van der Waals surface area contributed by atoms with E-state index in [9.17, 15) is 0 Å². The van der Waals surface area contributed by atoms with Crippen LogP contribution < -0.4 is 10.1 Å². The first-order valence-electron chi connectivity index (χ1n) is 6.85. The number of ether oxygens (including phenoxy) is 1. The Kier molecular flexibility index (Phi) is 3.41. The number of fused-ring (bicyclic) bond motifs is 1. The molecule has 1 aliphatic heterocycles. The van der Waals surface area contributed by atoms with E-state index in [0.29, 0.717) is 5.92 Å². The Bertz CT molecular complexity index is 565. The number of hydrogen-bond donors (Lipinski definition) is 1. The zero-order valence-electron chi connectivity index (χ0n) is 11.2. The second-order valence-corrected chi connectivity index (χ2v) is 5.12. The highest BCUT2D eigenvalue weighted by Gasteiger charge is 2.20. The Balaban J connectivity index is 1.71. The van der Waals surface area contributed by atoms with Crippen LogP contribution in [0, 0.1) is 6.92 Å². The Labute approximate surface area is 114 Å². The van der Waals surface area contributed by atoms with Crippen LogP contribution in [-0.4, -0.2) is 13.2 Å². The van der Waals surface area contributed by atoms with E-state index >= 15 is 0 Å². The molecule has 1 N–H and O–H groups in total. The van der Waals surface area contributed by atoms with Crippen LogP contribution in [0.4, 0.5) is 5.69 Å². The molecule has 0 amide bonds. The predicted molar refractivity (Wildman–Crippen MR) is 79.0 cm³/mol. The molecule has 0 radical (unpaired) electrons. The quantitative estimate of drug-likeness (QED) is 0.893. The second-order valence-electron chi connectivity index (χ2n) is 5.12. The largest absolute Gasteiger partial charge is 0.493 e. The molecule has 0 aromatic heterocycles. The van der Waals surface area contributed by atoms with Crippen LogP contribution in [0.15, 0.2) is 48.5 Å². The lowest BCUT2D eigenvalue weighted by molar-refractivity contribution is 0.270. The number of anilines is 1. The maximum absolute atomic E-state index is 5.70. The predicted octanol–water partition coefficient (Wildman–Crippen LogP) is 3.97. The summed E-state index contributed by atoms with van der Waals surface area (Å²) in [4.78, 5) is 0. The fourth-order valence-corrected chi connectivity index (χ4v) is 2.62. The van der Waals surface area contributed by atoms with E-state index in [2.05, 4.69) is 54.7 Å². The van der Waals surface area contributed by atoms with Crippen LogP contribution in [0.3, 0.4) is 0 Å². The SMILES string of the molecule is Cc1cccc(NCC2CCOc3ccccc32)c1. The highest BCUT2D eigenvalue weighted by Crippen LogP contribution is 2.33. The molecule has 19 heavy (non-hydrogen) atoms. The molecule has 98 valence electrons. The number of hydrogen-bond acceptors (Lipinski definition) is 2. The summed E-state index contributed by atoms with van der Waals surface area (Å²) in [5.41, 5.74) is 3.82. The third kappa shape index (κ3) is 2.73. The molecule has 0 fully saturated rings. The van der Waals surface area contributed by atoms with Crippen molar-refractivity contribution >= 4 is 5.69 Å². The van der Waals surface area contributed by atoms with Gasteiger partial charge in [-0.2, -0.15) is 0 Å². The third-order valence-corrected chi connectivity index (χ3v) is 3.65. The van der Waals surface area contributed by atoms with Gasteiger partial charge in [-0.05, 0) is 42.7 Å². The molecule has 1 unspecified atom stereocenters. The Hall–Kier alpha value is -1.96. The van der Waals surface area contributed by atoms with E-state index in [-0.39, 0.29) is 0 Å². The average Bonchev–Trinajstić information content (AvgIpc) is 2.45. The summed E-state index contributed by atoms with van der Waals surface area (Å²) in [6.45, 7) is 3.90. The molecule has 0 saturated heterocycles. The average molecular weight is 253 g/mol. The monoisotopic (exact) mass is 253 g/mol. The van der Waals surface area contributed by atoms with Gasteiger partial charge in [-0.25, -0.2) is 0 Å². The third-order valence-electron chi connectivity index (χ3n) is 3.65. The maximum Gasteiger partial charge on any atom is 0.122 e. The molecular weight excluding hydrogens is 234 g/mol. The molecule has 2 aromatic rings. The van der Waals surface area contributed by atoms with Crippen molar-refractivity contribution in [2.24, 2.45) is 0 Å². The molecule has 2 aromatic carbocycles. The van der Waals surface area contributed by atoms with Gasteiger partial charge in [0.05, 0.1) is 6.61 Å². The Morgan fingerprint density at radius 2 is 2.05 bits per heavy atom. The molecular formula is C17H19NO. The Morgan fingerprint density at radius 1 is 1.16 bits per heavy atom. The lowest BCUT2D eigenvalue weighted by atomic mass is 9.93. The van der Waals surface area contributed by atoms with E-state index in [0.717, 1.165) is 25.3 Å². The van der Waals surface area contributed by atoms with Gasteiger partial charge in [-0.3, -0.25) is 0 Å². The molecule has 0 bridgehead atoms. The highest BCUT2D eigenvalue weighted by atomic mass is 16.5. The van der Waals surface area contributed by atoms with Gasteiger partial charge in [0.2, 0.25) is 0 Å². The Morgan fingerprint density at radius 3 is 2.95 bits per heavy atom. The van der Waals surface area contributed by atoms with Crippen molar-refractivity contribution < 1.29 is 4.74 Å². The van der Waals surface area contributed by atoms with E-state index < -0.39 is 0 Å². The molecule has 2 heteroatoms. The summed E-state index contributed by atoms with van der Waals surface area (Å²) in [5, 5.41) is 3.54. The molecule has 0 spiro atoms. The van der Waals surface area contributed by atoms with Crippen LogP contribution in [0.5, 0.6) is 5.75 Å². The lowest BCUT2D eigenvalue weighted by Gasteiger charge is -2.26. The topological polar surface area (TPSA) is 21.3 Å².